The number of anilines is 1. The molecule has 0 saturated carbocycles. The molecule has 0 unspecified atom stereocenters. The largest absolute Gasteiger partial charge is 0.312 e. The normalized spacial score (nSPS) is 13.0. The lowest BCUT2D eigenvalue weighted by atomic mass is 10.1. The molecular weight excluding hydrogens is 268 g/mol. The highest BCUT2D eigenvalue weighted by Crippen LogP contribution is 2.28. The standard InChI is InChI=1S/C16H14N2O3/c19-16(11-12-5-7-14(8-6-12)18(20)21)17-10-9-13-3-1-2-4-15(13)17/h1-8H,9-11H2. The van der Waals surface area contributed by atoms with Gasteiger partial charge in [0.05, 0.1) is 11.3 Å². The molecule has 0 saturated heterocycles. The van der Waals surface area contributed by atoms with E-state index in [9.17, 15) is 14.9 Å². The number of hydrogen-bond acceptors (Lipinski definition) is 3. The Morgan fingerprint density at radius 1 is 1.14 bits per heavy atom. The molecule has 0 atom stereocenters. The van der Waals surface area contributed by atoms with Crippen LogP contribution in [-0.2, 0) is 17.6 Å². The lowest BCUT2D eigenvalue weighted by molar-refractivity contribution is -0.384. The molecule has 0 aliphatic carbocycles. The molecule has 0 aromatic heterocycles. The van der Waals surface area contributed by atoms with Crippen LogP contribution in [0.25, 0.3) is 0 Å². The molecule has 2 aromatic rings. The molecule has 5 heteroatoms. The minimum Gasteiger partial charge on any atom is -0.312 e. The third-order valence-electron chi connectivity index (χ3n) is 3.69. The van der Waals surface area contributed by atoms with Crippen molar-refractivity contribution in [1.29, 1.82) is 0 Å². The molecule has 0 N–H and O–H groups in total. The van der Waals surface area contributed by atoms with Gasteiger partial charge >= 0.3 is 0 Å². The molecule has 21 heavy (non-hydrogen) atoms. The lowest BCUT2D eigenvalue weighted by Crippen LogP contribution is -2.30. The van der Waals surface area contributed by atoms with E-state index in [1.807, 2.05) is 24.3 Å². The average Bonchev–Trinajstić information content (AvgIpc) is 2.92. The van der Waals surface area contributed by atoms with Crippen molar-refractivity contribution in [3.63, 3.8) is 0 Å². The van der Waals surface area contributed by atoms with E-state index in [1.165, 1.54) is 17.7 Å². The first-order valence-electron chi connectivity index (χ1n) is 6.77. The first kappa shape index (κ1) is 13.3. The van der Waals surface area contributed by atoms with Gasteiger partial charge in [0.15, 0.2) is 0 Å². The van der Waals surface area contributed by atoms with Gasteiger partial charge in [0.25, 0.3) is 5.69 Å². The van der Waals surface area contributed by atoms with E-state index in [0.717, 1.165) is 17.7 Å². The number of carbonyl (C=O) groups is 1. The fraction of sp³-hybridized carbons (Fsp3) is 0.188. The predicted octanol–water partition coefficient (Wildman–Crippen LogP) is 2.73. The van der Waals surface area contributed by atoms with Crippen LogP contribution in [0.4, 0.5) is 11.4 Å². The summed E-state index contributed by atoms with van der Waals surface area (Å²) in [5.41, 5.74) is 2.99. The Bertz CT molecular complexity index is 695. The Morgan fingerprint density at radius 3 is 2.57 bits per heavy atom. The maximum atomic E-state index is 12.4. The minimum absolute atomic E-state index is 0.0220. The summed E-state index contributed by atoms with van der Waals surface area (Å²) < 4.78 is 0. The summed E-state index contributed by atoms with van der Waals surface area (Å²) in [5.74, 6) is 0.0220. The first-order chi connectivity index (χ1) is 10.1. The van der Waals surface area contributed by atoms with Crippen LogP contribution >= 0.6 is 0 Å². The number of nitro groups is 1. The summed E-state index contributed by atoms with van der Waals surface area (Å²) in [6, 6.07) is 14.0. The van der Waals surface area contributed by atoms with E-state index in [2.05, 4.69) is 0 Å². The van der Waals surface area contributed by atoms with E-state index >= 15 is 0 Å². The summed E-state index contributed by atoms with van der Waals surface area (Å²) in [4.78, 5) is 24.3. The first-order valence-corrected chi connectivity index (χ1v) is 6.77. The monoisotopic (exact) mass is 282 g/mol. The lowest BCUT2D eigenvalue weighted by Gasteiger charge is -2.17. The maximum Gasteiger partial charge on any atom is 0.269 e. The second-order valence-electron chi connectivity index (χ2n) is 5.02. The van der Waals surface area contributed by atoms with Gasteiger partial charge in [0, 0.05) is 24.4 Å². The van der Waals surface area contributed by atoms with E-state index in [0.29, 0.717) is 6.54 Å². The van der Waals surface area contributed by atoms with Crippen LogP contribution < -0.4 is 4.90 Å². The Morgan fingerprint density at radius 2 is 1.86 bits per heavy atom. The van der Waals surface area contributed by atoms with Gasteiger partial charge in [-0.25, -0.2) is 0 Å². The van der Waals surface area contributed by atoms with Crippen LogP contribution in [0, 0.1) is 10.1 Å². The summed E-state index contributed by atoms with van der Waals surface area (Å²) in [7, 11) is 0. The Balaban J connectivity index is 1.74. The highest BCUT2D eigenvalue weighted by molar-refractivity contribution is 5.96. The molecule has 106 valence electrons. The quantitative estimate of drug-likeness (QED) is 0.642. The molecule has 3 rings (SSSR count). The number of non-ortho nitro benzene ring substituents is 1. The van der Waals surface area contributed by atoms with Crippen LogP contribution in [0.2, 0.25) is 0 Å². The SMILES string of the molecule is O=C(Cc1ccc([N+](=O)[O-])cc1)N1CCc2ccccc21. The zero-order chi connectivity index (χ0) is 14.8. The number of amides is 1. The van der Waals surface area contributed by atoms with Crippen molar-refractivity contribution in [2.24, 2.45) is 0 Å². The van der Waals surface area contributed by atoms with Crippen molar-refractivity contribution in [3.8, 4) is 0 Å². The number of hydrogen-bond donors (Lipinski definition) is 0. The molecule has 1 aliphatic rings. The third kappa shape index (κ3) is 2.63. The molecule has 0 bridgehead atoms. The summed E-state index contributed by atoms with van der Waals surface area (Å²) >= 11 is 0. The van der Waals surface area contributed by atoms with Gasteiger partial charge in [-0.3, -0.25) is 14.9 Å². The molecule has 0 radical (unpaired) electrons. The van der Waals surface area contributed by atoms with Crippen LogP contribution in [0.5, 0.6) is 0 Å². The summed E-state index contributed by atoms with van der Waals surface area (Å²) in [5, 5.41) is 10.6. The Labute approximate surface area is 122 Å². The molecule has 5 nitrogen and oxygen atoms in total. The average molecular weight is 282 g/mol. The van der Waals surface area contributed by atoms with Crippen molar-refractivity contribution in [2.75, 3.05) is 11.4 Å². The van der Waals surface area contributed by atoms with Crippen LogP contribution in [0.1, 0.15) is 11.1 Å². The van der Waals surface area contributed by atoms with Crippen LogP contribution in [-0.4, -0.2) is 17.4 Å². The fourth-order valence-corrected chi connectivity index (χ4v) is 2.60. The second kappa shape index (κ2) is 5.36. The molecule has 0 spiro atoms. The van der Waals surface area contributed by atoms with E-state index in [-0.39, 0.29) is 18.0 Å². The topological polar surface area (TPSA) is 63.4 Å². The van der Waals surface area contributed by atoms with E-state index in [1.54, 1.807) is 17.0 Å². The van der Waals surface area contributed by atoms with Gasteiger partial charge < -0.3 is 4.90 Å². The van der Waals surface area contributed by atoms with Crippen LogP contribution in [0.3, 0.4) is 0 Å². The Kier molecular flexibility index (Phi) is 3.39. The van der Waals surface area contributed by atoms with Crippen molar-refractivity contribution >= 4 is 17.3 Å². The molecule has 1 aliphatic heterocycles. The summed E-state index contributed by atoms with van der Waals surface area (Å²) in [6.45, 7) is 0.700. The molecule has 2 aromatic carbocycles. The van der Waals surface area contributed by atoms with E-state index in [4.69, 9.17) is 0 Å². The van der Waals surface area contributed by atoms with Crippen molar-refractivity contribution in [1.82, 2.24) is 0 Å². The number of carbonyl (C=O) groups excluding carboxylic acids is 1. The third-order valence-corrected chi connectivity index (χ3v) is 3.69. The molecule has 0 fully saturated rings. The van der Waals surface area contributed by atoms with Gasteiger partial charge in [-0.1, -0.05) is 30.3 Å². The zero-order valence-corrected chi connectivity index (χ0v) is 11.4. The predicted molar refractivity (Wildman–Crippen MR) is 79.3 cm³/mol. The van der Waals surface area contributed by atoms with Gasteiger partial charge in [-0.15, -0.1) is 0 Å². The van der Waals surface area contributed by atoms with Crippen molar-refractivity contribution in [2.45, 2.75) is 12.8 Å². The molecular formula is C16H14N2O3. The highest BCUT2D eigenvalue weighted by Gasteiger charge is 2.24. The zero-order valence-electron chi connectivity index (χ0n) is 11.4. The van der Waals surface area contributed by atoms with Gasteiger partial charge in [0.2, 0.25) is 5.91 Å². The highest BCUT2D eigenvalue weighted by atomic mass is 16.6. The van der Waals surface area contributed by atoms with Crippen molar-refractivity contribution < 1.29 is 9.72 Å². The van der Waals surface area contributed by atoms with Gasteiger partial charge in [-0.05, 0) is 23.6 Å². The summed E-state index contributed by atoms with van der Waals surface area (Å²) in [6.07, 6.45) is 1.13. The molecule has 1 heterocycles. The number of nitrogens with zero attached hydrogens (tertiary/aromatic N) is 2. The number of rotatable bonds is 3. The number of fused-ring (bicyclic) bond motifs is 1. The Hall–Kier alpha value is -2.69. The number of para-hydroxylation sites is 1. The second-order valence-corrected chi connectivity index (χ2v) is 5.02. The smallest absolute Gasteiger partial charge is 0.269 e. The maximum absolute atomic E-state index is 12.4. The fourth-order valence-electron chi connectivity index (χ4n) is 2.60. The number of benzene rings is 2. The van der Waals surface area contributed by atoms with E-state index < -0.39 is 4.92 Å². The van der Waals surface area contributed by atoms with Crippen LogP contribution in [0.15, 0.2) is 48.5 Å². The number of nitro benzene ring substituents is 1. The molecule has 1 amide bonds. The van der Waals surface area contributed by atoms with Crippen molar-refractivity contribution in [3.05, 3.63) is 69.8 Å². The van der Waals surface area contributed by atoms with Gasteiger partial charge in [0.1, 0.15) is 0 Å². The van der Waals surface area contributed by atoms with Gasteiger partial charge in [-0.2, -0.15) is 0 Å². The minimum atomic E-state index is -0.442.